The molecule has 3 nitrogen and oxygen atoms in total. The highest BCUT2D eigenvalue weighted by atomic mass is 16.2. The largest absolute Gasteiger partial charge is 0.339 e. The molecule has 1 saturated carbocycles. The minimum absolute atomic E-state index is 0.334. The average molecular weight is 270 g/mol. The molecule has 2 aliphatic heterocycles. The summed E-state index contributed by atoms with van der Waals surface area (Å²) in [5.41, 5.74) is 2.93. The third-order valence-electron chi connectivity index (χ3n) is 5.34. The third-order valence-corrected chi connectivity index (χ3v) is 5.34. The Kier molecular flexibility index (Phi) is 3.03. The second-order valence-electron chi connectivity index (χ2n) is 6.41. The number of rotatable bonds is 1. The summed E-state index contributed by atoms with van der Waals surface area (Å²) >= 11 is 0. The molecule has 2 fully saturated rings. The van der Waals surface area contributed by atoms with Gasteiger partial charge in [0.1, 0.15) is 0 Å². The number of carbonyl (C=O) groups is 1. The molecule has 1 aromatic rings. The van der Waals surface area contributed by atoms with Crippen molar-refractivity contribution in [1.82, 2.24) is 9.80 Å². The van der Waals surface area contributed by atoms with Crippen molar-refractivity contribution in [2.24, 2.45) is 5.92 Å². The first-order valence-electron chi connectivity index (χ1n) is 7.93. The Labute approximate surface area is 120 Å². The lowest BCUT2D eigenvalue weighted by atomic mass is 9.83. The zero-order valence-corrected chi connectivity index (χ0v) is 11.9. The fourth-order valence-corrected chi connectivity index (χ4v) is 3.85. The molecular weight excluding hydrogens is 248 g/mol. The van der Waals surface area contributed by atoms with Crippen LogP contribution in [0.3, 0.4) is 0 Å². The molecule has 1 saturated heterocycles. The van der Waals surface area contributed by atoms with Crippen molar-refractivity contribution in [1.29, 1.82) is 0 Å². The molecule has 0 aromatic heterocycles. The predicted octanol–water partition coefficient (Wildman–Crippen LogP) is 2.23. The molecule has 20 heavy (non-hydrogen) atoms. The van der Waals surface area contributed by atoms with Crippen LogP contribution in [0.15, 0.2) is 24.3 Å². The van der Waals surface area contributed by atoms with Gasteiger partial charge in [0, 0.05) is 32.1 Å². The van der Waals surface area contributed by atoms with Crippen LogP contribution in [-0.2, 0) is 11.2 Å². The highest BCUT2D eigenvalue weighted by Gasteiger charge is 2.37. The smallest absolute Gasteiger partial charge is 0.225 e. The number of benzene rings is 1. The topological polar surface area (TPSA) is 23.6 Å². The van der Waals surface area contributed by atoms with Crippen molar-refractivity contribution in [3.05, 3.63) is 35.4 Å². The summed E-state index contributed by atoms with van der Waals surface area (Å²) in [6.07, 6.45) is 4.62. The summed E-state index contributed by atoms with van der Waals surface area (Å²) in [6, 6.07) is 9.20. The van der Waals surface area contributed by atoms with Gasteiger partial charge in [0.2, 0.25) is 5.91 Å². The summed E-state index contributed by atoms with van der Waals surface area (Å²) in [5, 5.41) is 0. The van der Waals surface area contributed by atoms with E-state index in [1.807, 2.05) is 0 Å². The van der Waals surface area contributed by atoms with Gasteiger partial charge in [-0.1, -0.05) is 30.7 Å². The molecule has 1 atom stereocenters. The van der Waals surface area contributed by atoms with Gasteiger partial charge in [0.25, 0.3) is 0 Å². The van der Waals surface area contributed by atoms with Gasteiger partial charge >= 0.3 is 0 Å². The van der Waals surface area contributed by atoms with E-state index in [0.29, 0.717) is 17.9 Å². The van der Waals surface area contributed by atoms with E-state index in [1.54, 1.807) is 0 Å². The van der Waals surface area contributed by atoms with Crippen molar-refractivity contribution in [2.75, 3.05) is 26.2 Å². The average Bonchev–Trinajstić information content (AvgIpc) is 2.44. The second kappa shape index (κ2) is 4.88. The molecule has 1 unspecified atom stereocenters. The van der Waals surface area contributed by atoms with Crippen LogP contribution < -0.4 is 0 Å². The maximum atomic E-state index is 12.5. The molecule has 1 aliphatic carbocycles. The van der Waals surface area contributed by atoms with Crippen LogP contribution in [0.4, 0.5) is 0 Å². The monoisotopic (exact) mass is 270 g/mol. The first-order valence-corrected chi connectivity index (χ1v) is 7.93. The van der Waals surface area contributed by atoms with E-state index in [4.69, 9.17) is 0 Å². The van der Waals surface area contributed by atoms with Crippen molar-refractivity contribution in [3.8, 4) is 0 Å². The van der Waals surface area contributed by atoms with E-state index < -0.39 is 0 Å². The summed E-state index contributed by atoms with van der Waals surface area (Å²) in [7, 11) is 0. The Morgan fingerprint density at radius 3 is 2.75 bits per heavy atom. The molecule has 1 amide bonds. The van der Waals surface area contributed by atoms with Gasteiger partial charge in [-0.05, 0) is 30.4 Å². The van der Waals surface area contributed by atoms with Gasteiger partial charge in [0.05, 0.1) is 6.04 Å². The standard InChI is InChI=1S/C17H22N2O/c20-17(14-5-3-6-14)19-11-10-18-9-8-13-4-1-2-7-15(13)16(18)12-19/h1-2,4,7,14,16H,3,5-6,8-12H2. The number of fused-ring (bicyclic) bond motifs is 3. The van der Waals surface area contributed by atoms with Gasteiger partial charge in [-0.15, -0.1) is 0 Å². The molecule has 0 bridgehead atoms. The molecular formula is C17H22N2O. The van der Waals surface area contributed by atoms with Crippen LogP contribution in [0.2, 0.25) is 0 Å². The van der Waals surface area contributed by atoms with Crippen LogP contribution >= 0.6 is 0 Å². The summed E-state index contributed by atoms with van der Waals surface area (Å²) in [4.78, 5) is 17.2. The highest BCUT2D eigenvalue weighted by Crippen LogP contribution is 2.34. The summed E-state index contributed by atoms with van der Waals surface area (Å²) < 4.78 is 0. The van der Waals surface area contributed by atoms with E-state index in [0.717, 1.165) is 45.4 Å². The number of nitrogens with zero attached hydrogens (tertiary/aromatic N) is 2. The highest BCUT2D eigenvalue weighted by molar-refractivity contribution is 5.79. The van der Waals surface area contributed by atoms with Crippen LogP contribution in [0.5, 0.6) is 0 Å². The van der Waals surface area contributed by atoms with Gasteiger partial charge in [-0.25, -0.2) is 0 Å². The molecule has 0 spiro atoms. The fraction of sp³-hybridized carbons (Fsp3) is 0.588. The second-order valence-corrected chi connectivity index (χ2v) is 6.41. The summed E-state index contributed by atoms with van der Waals surface area (Å²) in [6.45, 7) is 4.00. The molecule has 0 radical (unpaired) electrons. The number of hydrogen-bond acceptors (Lipinski definition) is 2. The zero-order valence-electron chi connectivity index (χ0n) is 11.9. The molecule has 3 heteroatoms. The van der Waals surface area contributed by atoms with Crippen molar-refractivity contribution in [2.45, 2.75) is 31.7 Å². The maximum Gasteiger partial charge on any atom is 0.225 e. The van der Waals surface area contributed by atoms with Crippen LogP contribution in [0.25, 0.3) is 0 Å². The predicted molar refractivity (Wildman–Crippen MR) is 78.4 cm³/mol. The number of hydrogen-bond donors (Lipinski definition) is 0. The molecule has 2 heterocycles. The van der Waals surface area contributed by atoms with Gasteiger partial charge in [-0.2, -0.15) is 0 Å². The van der Waals surface area contributed by atoms with E-state index in [1.165, 1.54) is 17.5 Å². The van der Waals surface area contributed by atoms with Crippen molar-refractivity contribution < 1.29 is 4.79 Å². The molecule has 1 aromatic carbocycles. The zero-order chi connectivity index (χ0) is 13.5. The molecule has 0 N–H and O–H groups in total. The Morgan fingerprint density at radius 1 is 1.10 bits per heavy atom. The first-order chi connectivity index (χ1) is 9.83. The van der Waals surface area contributed by atoms with E-state index in [2.05, 4.69) is 34.1 Å². The van der Waals surface area contributed by atoms with Crippen LogP contribution in [0.1, 0.15) is 36.4 Å². The fourth-order valence-electron chi connectivity index (χ4n) is 3.85. The van der Waals surface area contributed by atoms with Crippen molar-refractivity contribution >= 4 is 5.91 Å². The van der Waals surface area contributed by atoms with Crippen molar-refractivity contribution in [3.63, 3.8) is 0 Å². The minimum Gasteiger partial charge on any atom is -0.339 e. The number of amides is 1. The van der Waals surface area contributed by atoms with Gasteiger partial charge < -0.3 is 4.90 Å². The number of piperazine rings is 1. The Bertz CT molecular complexity index is 523. The van der Waals surface area contributed by atoms with Gasteiger partial charge in [-0.3, -0.25) is 9.69 Å². The van der Waals surface area contributed by atoms with Crippen LogP contribution in [-0.4, -0.2) is 41.9 Å². The molecule has 3 aliphatic rings. The van der Waals surface area contributed by atoms with Crippen LogP contribution in [0, 0.1) is 5.92 Å². The Morgan fingerprint density at radius 2 is 1.95 bits per heavy atom. The normalized spacial score (nSPS) is 26.6. The molecule has 4 rings (SSSR count). The SMILES string of the molecule is O=C(C1CCC1)N1CCN2CCc3ccccc3C2C1. The minimum atomic E-state index is 0.334. The molecule has 106 valence electrons. The maximum absolute atomic E-state index is 12.5. The Balaban J connectivity index is 1.56. The quantitative estimate of drug-likeness (QED) is 0.781. The summed E-state index contributed by atoms with van der Waals surface area (Å²) in [5.74, 6) is 0.749. The van der Waals surface area contributed by atoms with E-state index in [9.17, 15) is 4.79 Å². The van der Waals surface area contributed by atoms with E-state index >= 15 is 0 Å². The lowest BCUT2D eigenvalue weighted by Gasteiger charge is -2.46. The number of carbonyl (C=O) groups excluding carboxylic acids is 1. The Hall–Kier alpha value is -1.35. The van der Waals surface area contributed by atoms with E-state index in [-0.39, 0.29) is 0 Å². The third kappa shape index (κ3) is 1.96. The van der Waals surface area contributed by atoms with Gasteiger partial charge in [0.15, 0.2) is 0 Å². The lowest BCUT2D eigenvalue weighted by Crippen LogP contribution is -2.54. The first kappa shape index (κ1) is 12.4. The lowest BCUT2D eigenvalue weighted by molar-refractivity contribution is -0.141.